The van der Waals surface area contributed by atoms with Crippen molar-refractivity contribution in [3.63, 3.8) is 0 Å². The van der Waals surface area contributed by atoms with Gasteiger partial charge >= 0.3 is 0 Å². The van der Waals surface area contributed by atoms with Crippen molar-refractivity contribution in [3.8, 4) is 17.1 Å². The molecule has 5 nitrogen and oxygen atoms in total. The number of rotatable bonds is 4. The van der Waals surface area contributed by atoms with Crippen molar-refractivity contribution in [1.82, 2.24) is 15.0 Å². The van der Waals surface area contributed by atoms with Crippen molar-refractivity contribution >= 4 is 23.2 Å². The molecule has 0 atom stereocenters. The highest BCUT2D eigenvalue weighted by Crippen LogP contribution is 2.22. The van der Waals surface area contributed by atoms with Gasteiger partial charge in [0.25, 0.3) is 0 Å². The van der Waals surface area contributed by atoms with Gasteiger partial charge in [0.2, 0.25) is 11.2 Å². The number of aromatic nitrogens is 3. The van der Waals surface area contributed by atoms with Crippen molar-refractivity contribution < 1.29 is 9.13 Å². The molecule has 0 saturated heterocycles. The van der Waals surface area contributed by atoms with Crippen molar-refractivity contribution in [1.29, 1.82) is 0 Å². The molecule has 0 unspecified atom stereocenters. The zero-order chi connectivity index (χ0) is 16.2. The molecular weight excluding hydrogens is 319 g/mol. The fraction of sp³-hybridized carbons (Fsp3) is 0.0625. The number of hydrogen-bond acceptors (Lipinski definition) is 5. The van der Waals surface area contributed by atoms with Crippen LogP contribution in [0.25, 0.3) is 11.4 Å². The van der Waals surface area contributed by atoms with Crippen LogP contribution in [0.4, 0.5) is 16.0 Å². The number of benzene rings is 2. The predicted molar refractivity (Wildman–Crippen MR) is 86.5 cm³/mol. The average Bonchev–Trinajstić information content (AvgIpc) is 2.54. The fourth-order valence-corrected chi connectivity index (χ4v) is 2.13. The van der Waals surface area contributed by atoms with Gasteiger partial charge in [-0.25, -0.2) is 4.39 Å². The van der Waals surface area contributed by atoms with Gasteiger partial charge in [0.15, 0.2) is 5.82 Å². The topological polar surface area (TPSA) is 59.9 Å². The summed E-state index contributed by atoms with van der Waals surface area (Å²) in [7, 11) is 1.59. The number of ether oxygens (including phenoxy) is 1. The minimum absolute atomic E-state index is 0.0460. The summed E-state index contributed by atoms with van der Waals surface area (Å²) in [4.78, 5) is 12.4. The maximum Gasteiger partial charge on any atom is 0.232 e. The van der Waals surface area contributed by atoms with Gasteiger partial charge in [-0.05, 0) is 54.1 Å². The second kappa shape index (κ2) is 6.58. The fourth-order valence-electron chi connectivity index (χ4n) is 1.97. The molecule has 2 aromatic carbocycles. The highest BCUT2D eigenvalue weighted by Gasteiger charge is 2.08. The molecule has 0 amide bonds. The molecule has 0 spiro atoms. The van der Waals surface area contributed by atoms with E-state index in [0.29, 0.717) is 11.5 Å². The van der Waals surface area contributed by atoms with Crippen LogP contribution in [-0.4, -0.2) is 22.1 Å². The molecule has 7 heteroatoms. The quantitative estimate of drug-likeness (QED) is 0.781. The first kappa shape index (κ1) is 15.2. The van der Waals surface area contributed by atoms with Crippen molar-refractivity contribution in [2.24, 2.45) is 0 Å². The summed E-state index contributed by atoms with van der Waals surface area (Å²) in [5.41, 5.74) is 1.28. The zero-order valence-electron chi connectivity index (χ0n) is 12.1. The standard InChI is InChI=1S/C16H12ClFN4O/c1-23-13-7-5-10(6-8-13)14-20-15(17)22-16(21-14)19-12-4-2-3-11(18)9-12/h2-9H,1H3,(H,19,20,21,22). The molecule has 1 aromatic heterocycles. The van der Waals surface area contributed by atoms with Gasteiger partial charge in [-0.2, -0.15) is 15.0 Å². The Bertz CT molecular complexity index is 827. The summed E-state index contributed by atoms with van der Waals surface area (Å²) < 4.78 is 18.3. The molecule has 1 heterocycles. The molecule has 3 rings (SSSR count). The van der Waals surface area contributed by atoms with Gasteiger partial charge in [-0.3, -0.25) is 0 Å². The lowest BCUT2D eigenvalue weighted by molar-refractivity contribution is 0.415. The third kappa shape index (κ3) is 3.73. The van der Waals surface area contributed by atoms with Crippen LogP contribution in [0.3, 0.4) is 0 Å². The first-order valence-electron chi connectivity index (χ1n) is 6.72. The lowest BCUT2D eigenvalue weighted by Gasteiger charge is -2.07. The monoisotopic (exact) mass is 330 g/mol. The summed E-state index contributed by atoms with van der Waals surface area (Å²) in [5, 5.41) is 2.95. The summed E-state index contributed by atoms with van der Waals surface area (Å²) in [5.74, 6) is 1.02. The van der Waals surface area contributed by atoms with E-state index in [1.165, 1.54) is 12.1 Å². The Morgan fingerprint density at radius 1 is 1.04 bits per heavy atom. The largest absolute Gasteiger partial charge is 0.497 e. The van der Waals surface area contributed by atoms with Crippen LogP contribution in [0.15, 0.2) is 48.5 Å². The molecule has 1 N–H and O–H groups in total. The minimum Gasteiger partial charge on any atom is -0.497 e. The number of anilines is 2. The van der Waals surface area contributed by atoms with Gasteiger partial charge in [-0.1, -0.05) is 6.07 Å². The molecule has 0 aliphatic rings. The van der Waals surface area contributed by atoms with Crippen LogP contribution in [0.5, 0.6) is 5.75 Å². The first-order chi connectivity index (χ1) is 11.1. The third-order valence-electron chi connectivity index (χ3n) is 3.04. The Kier molecular flexibility index (Phi) is 4.34. The van der Waals surface area contributed by atoms with Crippen LogP contribution in [-0.2, 0) is 0 Å². The molecule has 0 aliphatic heterocycles. The lowest BCUT2D eigenvalue weighted by atomic mass is 10.2. The maximum absolute atomic E-state index is 13.2. The summed E-state index contributed by atoms with van der Waals surface area (Å²) >= 11 is 5.95. The van der Waals surface area contributed by atoms with E-state index in [2.05, 4.69) is 20.3 Å². The summed E-state index contributed by atoms with van der Waals surface area (Å²) in [6.07, 6.45) is 0. The molecule has 0 fully saturated rings. The molecule has 0 radical (unpaired) electrons. The smallest absolute Gasteiger partial charge is 0.232 e. The zero-order valence-corrected chi connectivity index (χ0v) is 12.9. The van der Waals surface area contributed by atoms with Gasteiger partial charge < -0.3 is 10.1 Å². The van der Waals surface area contributed by atoms with E-state index in [1.54, 1.807) is 31.4 Å². The van der Waals surface area contributed by atoms with Crippen molar-refractivity contribution in [2.45, 2.75) is 0 Å². The highest BCUT2D eigenvalue weighted by atomic mass is 35.5. The second-order valence-electron chi connectivity index (χ2n) is 4.62. The average molecular weight is 331 g/mol. The molecule has 3 aromatic rings. The van der Waals surface area contributed by atoms with Crippen LogP contribution in [0.1, 0.15) is 0 Å². The van der Waals surface area contributed by atoms with E-state index in [9.17, 15) is 4.39 Å². The Balaban J connectivity index is 1.92. The molecule has 116 valence electrons. The second-order valence-corrected chi connectivity index (χ2v) is 4.95. The van der Waals surface area contributed by atoms with Crippen LogP contribution < -0.4 is 10.1 Å². The van der Waals surface area contributed by atoms with E-state index in [1.807, 2.05) is 12.1 Å². The van der Waals surface area contributed by atoms with Crippen LogP contribution in [0.2, 0.25) is 5.28 Å². The van der Waals surface area contributed by atoms with E-state index in [0.717, 1.165) is 11.3 Å². The van der Waals surface area contributed by atoms with Gasteiger partial charge in [0.05, 0.1) is 7.11 Å². The number of hydrogen-bond donors (Lipinski definition) is 1. The molecular formula is C16H12ClFN4O. The van der Waals surface area contributed by atoms with Crippen LogP contribution in [0, 0.1) is 5.82 Å². The molecule has 0 bridgehead atoms. The Labute approximate surface area is 137 Å². The minimum atomic E-state index is -0.356. The van der Waals surface area contributed by atoms with Crippen molar-refractivity contribution in [3.05, 3.63) is 59.6 Å². The van der Waals surface area contributed by atoms with Gasteiger partial charge in [0, 0.05) is 11.3 Å². The SMILES string of the molecule is COc1ccc(-c2nc(Cl)nc(Nc3cccc(F)c3)n2)cc1. The molecule has 23 heavy (non-hydrogen) atoms. The van der Waals surface area contributed by atoms with Gasteiger partial charge in [0.1, 0.15) is 11.6 Å². The summed E-state index contributed by atoms with van der Waals surface area (Å²) in [6, 6.07) is 13.2. The first-order valence-corrected chi connectivity index (χ1v) is 7.10. The number of methoxy groups -OCH3 is 1. The van der Waals surface area contributed by atoms with Crippen molar-refractivity contribution in [2.75, 3.05) is 12.4 Å². The van der Waals surface area contributed by atoms with E-state index in [-0.39, 0.29) is 17.0 Å². The third-order valence-corrected chi connectivity index (χ3v) is 3.21. The highest BCUT2D eigenvalue weighted by molar-refractivity contribution is 6.28. The predicted octanol–water partition coefficient (Wildman–Crippen LogP) is 4.08. The molecule has 0 saturated carbocycles. The van der Waals surface area contributed by atoms with E-state index >= 15 is 0 Å². The van der Waals surface area contributed by atoms with E-state index < -0.39 is 0 Å². The normalized spacial score (nSPS) is 10.4. The van der Waals surface area contributed by atoms with E-state index in [4.69, 9.17) is 16.3 Å². The Hall–Kier alpha value is -2.73. The number of nitrogens with zero attached hydrogens (tertiary/aromatic N) is 3. The molecule has 0 aliphatic carbocycles. The number of halogens is 2. The Morgan fingerprint density at radius 3 is 2.52 bits per heavy atom. The summed E-state index contributed by atoms with van der Waals surface area (Å²) in [6.45, 7) is 0. The van der Waals surface area contributed by atoms with Crippen LogP contribution >= 0.6 is 11.6 Å². The lowest BCUT2D eigenvalue weighted by Crippen LogP contribution is -2.01. The van der Waals surface area contributed by atoms with Gasteiger partial charge in [-0.15, -0.1) is 0 Å². The maximum atomic E-state index is 13.2. The Morgan fingerprint density at radius 2 is 1.83 bits per heavy atom. The number of nitrogens with one attached hydrogen (secondary N) is 1.